The Morgan fingerprint density at radius 1 is 1.00 bits per heavy atom. The van der Waals surface area contributed by atoms with Crippen molar-refractivity contribution < 1.29 is 15.3 Å². The van der Waals surface area contributed by atoms with E-state index in [1.165, 1.54) is 24.8 Å². The first-order chi connectivity index (χ1) is 15.7. The Bertz CT molecular complexity index is 840. The molecule has 0 bridgehead atoms. The fourth-order valence-electron chi connectivity index (χ4n) is 9.70. The van der Waals surface area contributed by atoms with Crippen molar-refractivity contribution >= 4 is 0 Å². The predicted molar refractivity (Wildman–Crippen MR) is 140 cm³/mol. The lowest BCUT2D eigenvalue weighted by Crippen LogP contribution is -2.59. The molecule has 0 aromatic heterocycles. The number of aliphatic hydroxyl groups is 3. The maximum absolute atomic E-state index is 10.9. The molecule has 0 amide bonds. The van der Waals surface area contributed by atoms with E-state index in [1.807, 2.05) is 0 Å². The van der Waals surface area contributed by atoms with Gasteiger partial charge in [0.15, 0.2) is 0 Å². The van der Waals surface area contributed by atoms with Gasteiger partial charge in [-0.2, -0.15) is 0 Å². The molecule has 2 fully saturated rings. The molecule has 194 valence electrons. The zero-order chi connectivity index (χ0) is 25.3. The monoisotopic (exact) mass is 472 g/mol. The molecule has 0 spiro atoms. The second-order valence-corrected chi connectivity index (χ2v) is 14.2. The zero-order valence-corrected chi connectivity index (χ0v) is 23.1. The largest absolute Gasteiger partial charge is 0.396 e. The third-order valence-electron chi connectivity index (χ3n) is 12.2. The molecule has 4 aliphatic rings. The highest BCUT2D eigenvalue weighted by Crippen LogP contribution is 2.72. The van der Waals surface area contributed by atoms with Crippen LogP contribution in [0.15, 0.2) is 23.3 Å². The molecule has 4 aliphatic carbocycles. The van der Waals surface area contributed by atoms with Crippen molar-refractivity contribution in [2.75, 3.05) is 6.61 Å². The Kier molecular flexibility index (Phi) is 6.79. The second-order valence-electron chi connectivity index (χ2n) is 14.2. The van der Waals surface area contributed by atoms with Crippen molar-refractivity contribution in [1.29, 1.82) is 0 Å². The summed E-state index contributed by atoms with van der Waals surface area (Å²) in [5.41, 5.74) is 4.71. The van der Waals surface area contributed by atoms with E-state index in [9.17, 15) is 15.3 Å². The average Bonchev–Trinajstić information content (AvgIpc) is 3.04. The van der Waals surface area contributed by atoms with Gasteiger partial charge in [-0.15, -0.1) is 0 Å². The van der Waals surface area contributed by atoms with E-state index in [-0.39, 0.29) is 28.3 Å². The number of allylic oxidation sites excluding steroid dienone is 3. The fourth-order valence-corrected chi connectivity index (χ4v) is 9.70. The molecule has 34 heavy (non-hydrogen) atoms. The Labute approximate surface area is 209 Å². The van der Waals surface area contributed by atoms with Gasteiger partial charge in [0.05, 0.1) is 12.2 Å². The van der Waals surface area contributed by atoms with Crippen LogP contribution < -0.4 is 0 Å². The zero-order valence-electron chi connectivity index (χ0n) is 23.1. The van der Waals surface area contributed by atoms with Crippen LogP contribution >= 0.6 is 0 Å². The van der Waals surface area contributed by atoms with E-state index in [0.717, 1.165) is 32.1 Å². The Hall–Kier alpha value is -0.640. The van der Waals surface area contributed by atoms with E-state index >= 15 is 0 Å². The van der Waals surface area contributed by atoms with Gasteiger partial charge in [-0.3, -0.25) is 0 Å². The highest BCUT2D eigenvalue weighted by atomic mass is 16.3. The van der Waals surface area contributed by atoms with Crippen molar-refractivity contribution in [1.82, 2.24) is 0 Å². The predicted octanol–water partition coefficient (Wildman–Crippen LogP) is 6.67. The van der Waals surface area contributed by atoms with Crippen molar-refractivity contribution in [3.05, 3.63) is 23.3 Å². The van der Waals surface area contributed by atoms with Gasteiger partial charge in [0.2, 0.25) is 0 Å². The summed E-state index contributed by atoms with van der Waals surface area (Å²) in [6.07, 6.45) is 8.43. The van der Waals surface area contributed by atoms with Gasteiger partial charge in [0.1, 0.15) is 0 Å². The first-order valence-electron chi connectivity index (χ1n) is 14.1. The number of fused-ring (bicyclic) bond motifs is 4. The van der Waals surface area contributed by atoms with Crippen LogP contribution in [0, 0.1) is 45.3 Å². The molecule has 3 heteroatoms. The van der Waals surface area contributed by atoms with Crippen LogP contribution in [0.1, 0.15) is 106 Å². The van der Waals surface area contributed by atoms with Gasteiger partial charge in [0, 0.05) is 6.61 Å². The summed E-state index contributed by atoms with van der Waals surface area (Å²) in [7, 11) is 0. The number of hydrogen-bond donors (Lipinski definition) is 3. The summed E-state index contributed by atoms with van der Waals surface area (Å²) >= 11 is 0. The molecule has 8 unspecified atom stereocenters. The summed E-state index contributed by atoms with van der Waals surface area (Å²) in [4.78, 5) is 0. The topological polar surface area (TPSA) is 60.7 Å². The van der Waals surface area contributed by atoms with Gasteiger partial charge >= 0.3 is 0 Å². The minimum absolute atomic E-state index is 0.0243. The van der Waals surface area contributed by atoms with E-state index in [2.05, 4.69) is 55.0 Å². The third kappa shape index (κ3) is 3.62. The molecule has 0 aliphatic heterocycles. The number of rotatable bonds is 6. The van der Waals surface area contributed by atoms with Gasteiger partial charge in [-0.25, -0.2) is 0 Å². The average molecular weight is 473 g/mol. The molecule has 0 radical (unpaired) electrons. The van der Waals surface area contributed by atoms with Gasteiger partial charge < -0.3 is 15.3 Å². The van der Waals surface area contributed by atoms with Crippen LogP contribution in [0.4, 0.5) is 0 Å². The molecule has 2 saturated carbocycles. The third-order valence-corrected chi connectivity index (χ3v) is 12.2. The maximum Gasteiger partial charge on any atom is 0.0853 e. The van der Waals surface area contributed by atoms with E-state index in [1.54, 1.807) is 11.1 Å². The van der Waals surface area contributed by atoms with Crippen LogP contribution in [0.25, 0.3) is 0 Å². The van der Waals surface area contributed by atoms with Crippen LogP contribution in [-0.2, 0) is 0 Å². The summed E-state index contributed by atoms with van der Waals surface area (Å²) < 4.78 is 0. The lowest BCUT2D eigenvalue weighted by Gasteiger charge is -2.63. The molecule has 3 N–H and O–H groups in total. The molecular weight excluding hydrogens is 420 g/mol. The first kappa shape index (κ1) is 26.4. The molecule has 0 aromatic carbocycles. The summed E-state index contributed by atoms with van der Waals surface area (Å²) in [6.45, 7) is 20.8. The molecule has 4 rings (SSSR count). The van der Waals surface area contributed by atoms with Gasteiger partial charge in [-0.1, -0.05) is 71.8 Å². The quantitative estimate of drug-likeness (QED) is 0.378. The SMILES string of the molecule is C=C(CCC(CO)C1CCC2(C)C3=C(CCC12C)C1(C)CC(O)C(O)C(C)(C)C1CC3)C(C)C. The van der Waals surface area contributed by atoms with Crippen LogP contribution in [0.3, 0.4) is 0 Å². The van der Waals surface area contributed by atoms with Crippen molar-refractivity contribution in [3.8, 4) is 0 Å². The summed E-state index contributed by atoms with van der Waals surface area (Å²) in [5, 5.41) is 32.2. The number of hydrogen-bond acceptors (Lipinski definition) is 3. The highest BCUT2D eigenvalue weighted by Gasteiger charge is 2.64. The van der Waals surface area contributed by atoms with Gasteiger partial charge in [0.25, 0.3) is 0 Å². The Morgan fingerprint density at radius 2 is 1.68 bits per heavy atom. The minimum Gasteiger partial charge on any atom is -0.396 e. The molecule has 0 heterocycles. The molecule has 3 nitrogen and oxygen atoms in total. The Morgan fingerprint density at radius 3 is 2.29 bits per heavy atom. The second kappa shape index (κ2) is 8.73. The van der Waals surface area contributed by atoms with E-state index in [0.29, 0.717) is 30.1 Å². The number of aliphatic hydroxyl groups excluding tert-OH is 3. The molecule has 8 atom stereocenters. The standard InChI is InChI=1S/C31H52O3/c1-19(2)20(3)9-10-21(18-32)22-13-15-31(8)24-11-12-26-28(4,5)27(34)25(33)17-29(26,6)23(24)14-16-30(22,31)7/h19,21-22,25-27,32-34H,3,9-18H2,1-2,4-8H3. The van der Waals surface area contributed by atoms with Crippen LogP contribution in [-0.4, -0.2) is 34.1 Å². The Balaban J connectivity index is 1.66. The fraction of sp³-hybridized carbons (Fsp3) is 0.871. The lowest BCUT2D eigenvalue weighted by molar-refractivity contribution is -0.158. The summed E-state index contributed by atoms with van der Waals surface area (Å²) in [6, 6.07) is 0. The highest BCUT2D eigenvalue weighted by molar-refractivity contribution is 5.39. The smallest absolute Gasteiger partial charge is 0.0853 e. The van der Waals surface area contributed by atoms with Crippen molar-refractivity contribution in [3.63, 3.8) is 0 Å². The summed E-state index contributed by atoms with van der Waals surface area (Å²) in [5.74, 6) is 1.82. The molecule has 0 saturated heterocycles. The maximum atomic E-state index is 10.9. The van der Waals surface area contributed by atoms with Crippen LogP contribution in [0.5, 0.6) is 0 Å². The molecule has 0 aromatic rings. The van der Waals surface area contributed by atoms with Crippen LogP contribution in [0.2, 0.25) is 0 Å². The lowest BCUT2D eigenvalue weighted by atomic mass is 9.43. The van der Waals surface area contributed by atoms with Crippen molar-refractivity contribution in [2.24, 2.45) is 45.3 Å². The molecular formula is C31H52O3. The minimum atomic E-state index is -0.645. The van der Waals surface area contributed by atoms with E-state index < -0.39 is 12.2 Å². The normalized spacial score (nSPS) is 44.4. The first-order valence-corrected chi connectivity index (χ1v) is 14.1. The van der Waals surface area contributed by atoms with Gasteiger partial charge in [-0.05, 0) is 103 Å². The van der Waals surface area contributed by atoms with Crippen molar-refractivity contribution in [2.45, 2.75) is 118 Å². The van der Waals surface area contributed by atoms with E-state index in [4.69, 9.17) is 0 Å².